The number of nitro groups is 1. The van der Waals surface area contributed by atoms with E-state index in [0.29, 0.717) is 23.9 Å². The van der Waals surface area contributed by atoms with Crippen molar-refractivity contribution in [2.75, 3.05) is 11.4 Å². The van der Waals surface area contributed by atoms with E-state index < -0.39 is 4.92 Å². The lowest BCUT2D eigenvalue weighted by Gasteiger charge is -2.31. The third-order valence-electron chi connectivity index (χ3n) is 5.50. The number of fused-ring (bicyclic) bond motifs is 1. The second kappa shape index (κ2) is 9.34. The summed E-state index contributed by atoms with van der Waals surface area (Å²) in [6.45, 7) is 3.53. The summed E-state index contributed by atoms with van der Waals surface area (Å²) in [5.41, 5.74) is 5.00. The number of non-ortho nitro benzene ring substituents is 1. The fraction of sp³-hybridized carbons (Fsp3) is 0.304. The first-order valence-corrected chi connectivity index (χ1v) is 11.3. The minimum atomic E-state index is -0.412. The predicted molar refractivity (Wildman–Crippen MR) is 123 cm³/mol. The van der Waals surface area contributed by atoms with Gasteiger partial charge < -0.3 is 9.88 Å². The minimum absolute atomic E-state index is 0.0664. The average molecular weight is 437 g/mol. The summed E-state index contributed by atoms with van der Waals surface area (Å²) in [6.07, 6.45) is 2.79. The van der Waals surface area contributed by atoms with Gasteiger partial charge in [0.1, 0.15) is 0 Å². The maximum Gasteiger partial charge on any atom is 0.269 e. The van der Waals surface area contributed by atoms with Crippen molar-refractivity contribution in [1.82, 2.24) is 9.97 Å². The topological polar surface area (TPSA) is 92.1 Å². The van der Waals surface area contributed by atoms with Gasteiger partial charge in [0.15, 0.2) is 5.16 Å². The van der Waals surface area contributed by atoms with Crippen molar-refractivity contribution in [1.29, 1.82) is 0 Å². The zero-order valence-electron chi connectivity index (χ0n) is 17.3. The smallest absolute Gasteiger partial charge is 0.269 e. The molecule has 1 N–H and O–H groups in total. The maximum absolute atomic E-state index is 12.7. The van der Waals surface area contributed by atoms with Crippen molar-refractivity contribution in [3.05, 3.63) is 91.4 Å². The molecule has 160 valence electrons. The van der Waals surface area contributed by atoms with Gasteiger partial charge in [0, 0.05) is 35.7 Å². The van der Waals surface area contributed by atoms with Crippen LogP contribution in [0.3, 0.4) is 0 Å². The van der Waals surface area contributed by atoms with Crippen LogP contribution in [0, 0.1) is 10.1 Å². The van der Waals surface area contributed by atoms with Crippen molar-refractivity contribution in [2.45, 2.75) is 43.6 Å². The second-order valence-electron chi connectivity index (χ2n) is 7.52. The van der Waals surface area contributed by atoms with E-state index in [4.69, 9.17) is 4.98 Å². The molecular weight excluding hydrogens is 412 g/mol. The molecule has 0 fully saturated rings. The Bertz CT molecular complexity index is 1140. The predicted octanol–water partition coefficient (Wildman–Crippen LogP) is 4.49. The summed E-state index contributed by atoms with van der Waals surface area (Å²) in [5.74, 6) is 0.568. The molecule has 31 heavy (non-hydrogen) atoms. The Morgan fingerprint density at radius 2 is 1.97 bits per heavy atom. The van der Waals surface area contributed by atoms with Gasteiger partial charge in [-0.2, -0.15) is 0 Å². The van der Waals surface area contributed by atoms with Crippen molar-refractivity contribution in [3.63, 3.8) is 0 Å². The van der Waals surface area contributed by atoms with E-state index in [0.717, 1.165) is 36.2 Å². The highest BCUT2D eigenvalue weighted by Crippen LogP contribution is 2.28. The van der Waals surface area contributed by atoms with Crippen LogP contribution in [0.4, 0.5) is 11.4 Å². The van der Waals surface area contributed by atoms with Crippen molar-refractivity contribution in [3.8, 4) is 0 Å². The maximum atomic E-state index is 12.7. The van der Waals surface area contributed by atoms with Crippen LogP contribution in [0.15, 0.2) is 58.5 Å². The fourth-order valence-electron chi connectivity index (χ4n) is 3.91. The van der Waals surface area contributed by atoms with Gasteiger partial charge in [-0.25, -0.2) is 4.98 Å². The molecule has 1 aliphatic heterocycles. The van der Waals surface area contributed by atoms with Gasteiger partial charge in [-0.3, -0.25) is 14.9 Å². The van der Waals surface area contributed by atoms with Crippen molar-refractivity contribution in [2.24, 2.45) is 0 Å². The van der Waals surface area contributed by atoms with Crippen molar-refractivity contribution < 1.29 is 4.92 Å². The number of rotatable bonds is 7. The molecule has 2 aromatic carbocycles. The van der Waals surface area contributed by atoms with Crippen LogP contribution in [0.2, 0.25) is 0 Å². The third-order valence-corrected chi connectivity index (χ3v) is 6.45. The molecule has 4 rings (SSSR count). The lowest BCUT2D eigenvalue weighted by Crippen LogP contribution is -2.31. The molecule has 0 saturated carbocycles. The van der Waals surface area contributed by atoms with Gasteiger partial charge in [-0.15, -0.1) is 0 Å². The minimum Gasteiger partial charge on any atom is -0.365 e. The molecule has 0 bridgehead atoms. The molecule has 1 aromatic heterocycles. The zero-order valence-corrected chi connectivity index (χ0v) is 18.2. The number of thioether (sulfide) groups is 1. The SMILES string of the molecule is CCc1c(CN2CCCc3ccccc32)nc(SCc2ccc([N+](=O)[O-])cc2)[nH]c1=O. The Labute approximate surface area is 184 Å². The van der Waals surface area contributed by atoms with Gasteiger partial charge in [0.05, 0.1) is 17.2 Å². The summed E-state index contributed by atoms with van der Waals surface area (Å²) < 4.78 is 0. The summed E-state index contributed by atoms with van der Waals surface area (Å²) in [4.78, 5) is 33.1. The fourth-order valence-corrected chi connectivity index (χ4v) is 4.74. The molecule has 0 spiro atoms. The van der Waals surface area contributed by atoms with E-state index in [-0.39, 0.29) is 11.2 Å². The van der Waals surface area contributed by atoms with Gasteiger partial charge >= 0.3 is 0 Å². The number of aromatic nitrogens is 2. The number of benzene rings is 2. The van der Waals surface area contributed by atoms with E-state index in [1.54, 1.807) is 12.1 Å². The first-order chi connectivity index (χ1) is 15.0. The van der Waals surface area contributed by atoms with Gasteiger partial charge in [-0.1, -0.05) is 49.0 Å². The number of hydrogen-bond acceptors (Lipinski definition) is 6. The molecule has 0 saturated heterocycles. The summed E-state index contributed by atoms with van der Waals surface area (Å²) in [5, 5.41) is 11.4. The number of anilines is 1. The quantitative estimate of drug-likeness (QED) is 0.254. The van der Waals surface area contributed by atoms with Crippen LogP contribution in [0.1, 0.15) is 35.7 Å². The largest absolute Gasteiger partial charge is 0.365 e. The van der Waals surface area contributed by atoms with E-state index in [1.165, 1.54) is 35.1 Å². The van der Waals surface area contributed by atoms with Gasteiger partial charge in [0.2, 0.25) is 0 Å². The number of para-hydroxylation sites is 1. The Hall–Kier alpha value is -3.13. The summed E-state index contributed by atoms with van der Waals surface area (Å²) in [7, 11) is 0. The second-order valence-corrected chi connectivity index (χ2v) is 8.48. The molecule has 1 aliphatic rings. The molecule has 0 aliphatic carbocycles. The lowest BCUT2D eigenvalue weighted by atomic mass is 10.0. The van der Waals surface area contributed by atoms with Crippen LogP contribution < -0.4 is 10.5 Å². The van der Waals surface area contributed by atoms with E-state index >= 15 is 0 Å². The van der Waals surface area contributed by atoms with Crippen LogP contribution in [0.25, 0.3) is 0 Å². The molecule has 8 heteroatoms. The van der Waals surface area contributed by atoms with E-state index in [2.05, 4.69) is 34.1 Å². The highest BCUT2D eigenvalue weighted by atomic mass is 32.2. The number of H-pyrrole nitrogens is 1. The molecule has 2 heterocycles. The first-order valence-electron chi connectivity index (χ1n) is 10.4. The van der Waals surface area contributed by atoms with Gasteiger partial charge in [-0.05, 0) is 36.5 Å². The van der Waals surface area contributed by atoms with Crippen LogP contribution in [-0.4, -0.2) is 21.4 Å². The molecule has 0 atom stereocenters. The number of nitrogens with one attached hydrogen (secondary N) is 1. The van der Waals surface area contributed by atoms with E-state index in [9.17, 15) is 14.9 Å². The molecular formula is C23H24N4O3S. The first kappa shape index (κ1) is 21.1. The Morgan fingerprint density at radius 1 is 1.19 bits per heavy atom. The molecule has 3 aromatic rings. The normalized spacial score (nSPS) is 13.1. The van der Waals surface area contributed by atoms with Crippen LogP contribution >= 0.6 is 11.8 Å². The molecule has 0 amide bonds. The standard InChI is InChI=1S/C23H24N4O3S/c1-2-19-20(14-26-13-5-7-17-6-3-4-8-21(17)26)24-23(25-22(19)28)31-15-16-9-11-18(12-10-16)27(29)30/h3-4,6,8-12H,2,5,7,13-15H2,1H3,(H,24,25,28). The summed E-state index contributed by atoms with van der Waals surface area (Å²) in [6, 6.07) is 14.9. The average Bonchev–Trinajstić information content (AvgIpc) is 2.78. The number of nitro benzene ring substituents is 1. The highest BCUT2D eigenvalue weighted by Gasteiger charge is 2.19. The summed E-state index contributed by atoms with van der Waals surface area (Å²) >= 11 is 1.43. The molecule has 0 radical (unpaired) electrons. The Balaban J connectivity index is 1.55. The number of aromatic amines is 1. The van der Waals surface area contributed by atoms with E-state index in [1.807, 2.05) is 6.92 Å². The van der Waals surface area contributed by atoms with Crippen LogP contribution in [0.5, 0.6) is 0 Å². The monoisotopic (exact) mass is 436 g/mol. The number of nitrogens with zero attached hydrogens (tertiary/aromatic N) is 3. The molecule has 7 nitrogen and oxygen atoms in total. The zero-order chi connectivity index (χ0) is 21.8. The molecule has 0 unspecified atom stereocenters. The Kier molecular flexibility index (Phi) is 6.36. The van der Waals surface area contributed by atoms with Crippen molar-refractivity contribution >= 4 is 23.1 Å². The number of hydrogen-bond donors (Lipinski definition) is 1. The number of aryl methyl sites for hydroxylation is 1. The van der Waals surface area contributed by atoms with Gasteiger partial charge in [0.25, 0.3) is 11.2 Å². The Morgan fingerprint density at radius 3 is 2.71 bits per heavy atom. The highest BCUT2D eigenvalue weighted by molar-refractivity contribution is 7.98. The third kappa shape index (κ3) is 4.80. The van der Waals surface area contributed by atoms with Crippen LogP contribution in [-0.2, 0) is 25.1 Å². The lowest BCUT2D eigenvalue weighted by molar-refractivity contribution is -0.384.